The normalized spacial score (nSPS) is 11.9. The molecule has 3 aromatic rings. The van der Waals surface area contributed by atoms with Gasteiger partial charge < -0.3 is 15.4 Å². The third kappa shape index (κ3) is 8.27. The summed E-state index contributed by atoms with van der Waals surface area (Å²) >= 11 is 1.40. The number of anilines is 2. The lowest BCUT2D eigenvalue weighted by molar-refractivity contribution is -0.118. The van der Waals surface area contributed by atoms with E-state index in [0.717, 1.165) is 10.5 Å². The Hall–Kier alpha value is -3.58. The monoisotopic (exact) mass is 504 g/mol. The summed E-state index contributed by atoms with van der Waals surface area (Å²) in [7, 11) is 0. The van der Waals surface area contributed by atoms with Crippen molar-refractivity contribution in [2.24, 2.45) is 5.41 Å². The fourth-order valence-corrected chi connectivity index (χ4v) is 4.57. The van der Waals surface area contributed by atoms with Crippen molar-refractivity contribution in [2.45, 2.75) is 44.3 Å². The number of thioether (sulfide) groups is 1. The van der Waals surface area contributed by atoms with Crippen LogP contribution in [0.15, 0.2) is 83.8 Å². The lowest BCUT2D eigenvalue weighted by Crippen LogP contribution is -2.20. The Morgan fingerprint density at radius 3 is 2.19 bits per heavy atom. The van der Waals surface area contributed by atoms with Gasteiger partial charge >= 0.3 is 5.97 Å². The molecule has 7 heteroatoms. The molecular weight excluding hydrogens is 472 g/mol. The average molecular weight is 505 g/mol. The van der Waals surface area contributed by atoms with E-state index in [0.29, 0.717) is 30.0 Å². The molecule has 0 aliphatic heterocycles. The van der Waals surface area contributed by atoms with Gasteiger partial charge in [0.05, 0.1) is 12.2 Å². The molecule has 0 aliphatic rings. The van der Waals surface area contributed by atoms with E-state index in [1.54, 1.807) is 31.2 Å². The van der Waals surface area contributed by atoms with Gasteiger partial charge in [-0.05, 0) is 60.4 Å². The highest BCUT2D eigenvalue weighted by Gasteiger charge is 2.23. The van der Waals surface area contributed by atoms with Gasteiger partial charge in [-0.15, -0.1) is 11.8 Å². The number of hydrogen-bond donors (Lipinski definition) is 2. The van der Waals surface area contributed by atoms with E-state index in [2.05, 4.69) is 10.6 Å². The molecule has 0 fully saturated rings. The van der Waals surface area contributed by atoms with Crippen molar-refractivity contribution in [1.82, 2.24) is 0 Å². The number of ether oxygens (including phenoxy) is 1. The van der Waals surface area contributed by atoms with Gasteiger partial charge in [-0.2, -0.15) is 0 Å². The largest absolute Gasteiger partial charge is 0.462 e. The summed E-state index contributed by atoms with van der Waals surface area (Å²) in [6.45, 7) is 8.11. The second-order valence-corrected chi connectivity index (χ2v) is 10.7. The Morgan fingerprint density at radius 1 is 0.861 bits per heavy atom. The molecule has 0 heterocycles. The molecule has 2 N–H and O–H groups in total. The van der Waals surface area contributed by atoms with Crippen LogP contribution in [-0.4, -0.2) is 24.4 Å². The third-order valence-corrected chi connectivity index (χ3v) is 6.31. The third-order valence-electron chi connectivity index (χ3n) is 5.07. The summed E-state index contributed by atoms with van der Waals surface area (Å²) in [6, 6.07) is 23.6. The summed E-state index contributed by atoms with van der Waals surface area (Å²) in [5.74, 6) is -0.645. The maximum atomic E-state index is 13.4. The van der Waals surface area contributed by atoms with Crippen molar-refractivity contribution < 1.29 is 19.1 Å². The number of rotatable bonds is 9. The second kappa shape index (κ2) is 12.4. The predicted octanol–water partition coefficient (Wildman–Crippen LogP) is 6.71. The number of esters is 1. The Labute approximate surface area is 216 Å². The van der Waals surface area contributed by atoms with Gasteiger partial charge in [0.25, 0.3) is 0 Å². The van der Waals surface area contributed by atoms with Crippen molar-refractivity contribution in [1.29, 1.82) is 0 Å². The maximum absolute atomic E-state index is 13.4. The zero-order valence-electron chi connectivity index (χ0n) is 21.0. The van der Waals surface area contributed by atoms with Crippen LogP contribution in [0.5, 0.6) is 0 Å². The molecule has 0 aliphatic carbocycles. The summed E-state index contributed by atoms with van der Waals surface area (Å²) < 4.78 is 5.01. The van der Waals surface area contributed by atoms with Crippen molar-refractivity contribution in [2.75, 3.05) is 17.2 Å². The zero-order valence-corrected chi connectivity index (χ0v) is 21.9. The van der Waals surface area contributed by atoms with E-state index < -0.39 is 11.2 Å². The van der Waals surface area contributed by atoms with E-state index in [-0.39, 0.29) is 17.2 Å². The molecule has 1 unspecified atom stereocenters. The Morgan fingerprint density at radius 2 is 1.56 bits per heavy atom. The van der Waals surface area contributed by atoms with Crippen LogP contribution in [0.1, 0.15) is 55.3 Å². The van der Waals surface area contributed by atoms with Gasteiger partial charge in [0.1, 0.15) is 5.25 Å². The first-order chi connectivity index (χ1) is 17.1. The van der Waals surface area contributed by atoms with Crippen molar-refractivity contribution in [3.8, 4) is 0 Å². The van der Waals surface area contributed by atoms with Crippen LogP contribution in [0, 0.1) is 5.41 Å². The molecule has 0 saturated carbocycles. The molecule has 0 saturated heterocycles. The maximum Gasteiger partial charge on any atom is 0.338 e. The van der Waals surface area contributed by atoms with Gasteiger partial charge in [-0.1, -0.05) is 57.2 Å². The molecule has 0 bridgehead atoms. The highest BCUT2D eigenvalue weighted by Crippen LogP contribution is 2.37. The van der Waals surface area contributed by atoms with Crippen LogP contribution >= 0.6 is 11.8 Å². The van der Waals surface area contributed by atoms with Crippen molar-refractivity contribution in [3.63, 3.8) is 0 Å². The topological polar surface area (TPSA) is 84.5 Å². The molecule has 0 radical (unpaired) electrons. The molecule has 188 valence electrons. The van der Waals surface area contributed by atoms with Gasteiger partial charge in [0.15, 0.2) is 0 Å². The highest BCUT2D eigenvalue weighted by atomic mass is 32.2. The number of carbonyl (C=O) groups is 3. The predicted molar refractivity (Wildman–Crippen MR) is 145 cm³/mol. The number of nitrogens with one attached hydrogen (secondary N) is 2. The lowest BCUT2D eigenvalue weighted by atomic mass is 9.92. The lowest BCUT2D eigenvalue weighted by Gasteiger charge is -2.19. The van der Waals surface area contributed by atoms with Crippen LogP contribution in [0.25, 0.3) is 0 Å². The van der Waals surface area contributed by atoms with Gasteiger partial charge in [-0.25, -0.2) is 4.79 Å². The molecule has 2 amide bonds. The minimum Gasteiger partial charge on any atom is -0.462 e. The van der Waals surface area contributed by atoms with E-state index in [9.17, 15) is 14.4 Å². The van der Waals surface area contributed by atoms with Crippen LogP contribution in [0.4, 0.5) is 11.4 Å². The van der Waals surface area contributed by atoms with Gasteiger partial charge in [0.2, 0.25) is 11.8 Å². The van der Waals surface area contributed by atoms with Crippen LogP contribution in [-0.2, 0) is 14.3 Å². The zero-order chi connectivity index (χ0) is 26.1. The first-order valence-electron chi connectivity index (χ1n) is 11.8. The first-order valence-corrected chi connectivity index (χ1v) is 12.7. The average Bonchev–Trinajstić information content (AvgIpc) is 2.82. The number of carbonyl (C=O) groups excluding carboxylic acids is 3. The minimum absolute atomic E-state index is 0.0479. The van der Waals surface area contributed by atoms with Crippen molar-refractivity contribution in [3.05, 3.63) is 90.0 Å². The van der Waals surface area contributed by atoms with E-state index in [4.69, 9.17) is 4.74 Å². The SMILES string of the molecule is CCOC(=O)c1ccc(NC(=O)C(Sc2cccc(NC(=O)CC(C)(C)C)c2)c2ccccc2)cc1. The summed E-state index contributed by atoms with van der Waals surface area (Å²) in [6.07, 6.45) is 0.411. The Bertz CT molecular complexity index is 1190. The summed E-state index contributed by atoms with van der Waals surface area (Å²) in [4.78, 5) is 38.5. The number of amides is 2. The first kappa shape index (κ1) is 27.0. The van der Waals surface area contributed by atoms with Gasteiger partial charge in [-0.3, -0.25) is 9.59 Å². The van der Waals surface area contributed by atoms with E-state index in [1.807, 2.05) is 75.4 Å². The molecule has 36 heavy (non-hydrogen) atoms. The Kier molecular flexibility index (Phi) is 9.31. The van der Waals surface area contributed by atoms with Crippen molar-refractivity contribution >= 4 is 40.9 Å². The molecule has 1 atom stereocenters. The minimum atomic E-state index is -0.531. The second-order valence-electron chi connectivity index (χ2n) is 9.51. The van der Waals surface area contributed by atoms with E-state index in [1.165, 1.54) is 11.8 Å². The fraction of sp³-hybridized carbons (Fsp3) is 0.276. The van der Waals surface area contributed by atoms with Crippen LogP contribution < -0.4 is 10.6 Å². The molecule has 3 rings (SSSR count). The molecule has 0 aromatic heterocycles. The highest BCUT2D eigenvalue weighted by molar-refractivity contribution is 8.00. The van der Waals surface area contributed by atoms with Crippen LogP contribution in [0.2, 0.25) is 0 Å². The molecule has 3 aromatic carbocycles. The quantitative estimate of drug-likeness (QED) is 0.250. The number of benzene rings is 3. The number of hydrogen-bond acceptors (Lipinski definition) is 5. The summed E-state index contributed by atoms with van der Waals surface area (Å²) in [5, 5.41) is 5.37. The smallest absolute Gasteiger partial charge is 0.338 e. The fourth-order valence-electron chi connectivity index (χ4n) is 3.48. The van der Waals surface area contributed by atoms with Crippen LogP contribution in [0.3, 0.4) is 0 Å². The standard InChI is InChI=1S/C29H32N2O4S/c1-5-35-28(34)21-14-16-22(17-15-21)31-27(33)26(20-10-7-6-8-11-20)36-24-13-9-12-23(18-24)30-25(32)19-29(2,3)4/h6-18,26H,5,19H2,1-4H3,(H,30,32)(H,31,33). The van der Waals surface area contributed by atoms with E-state index >= 15 is 0 Å². The molecule has 0 spiro atoms. The molecular formula is C29H32N2O4S. The Balaban J connectivity index is 1.76. The van der Waals surface area contributed by atoms with Gasteiger partial charge in [0, 0.05) is 22.7 Å². The molecule has 6 nitrogen and oxygen atoms in total. The summed E-state index contributed by atoms with van der Waals surface area (Å²) in [5.41, 5.74) is 2.44.